The minimum atomic E-state index is -0.358. The number of carbonyl (C=O) groups excluding carboxylic acids is 1. The van der Waals surface area contributed by atoms with Crippen molar-refractivity contribution in [2.24, 2.45) is 0 Å². The number of hydrogen-bond acceptors (Lipinski definition) is 4. The molecule has 0 saturated carbocycles. The number of halogens is 2. The van der Waals surface area contributed by atoms with Gasteiger partial charge in [0.15, 0.2) is 0 Å². The highest BCUT2D eigenvalue weighted by Gasteiger charge is 2.16. The fraction of sp³-hybridized carbons (Fsp3) is 0.0556. The Kier molecular flexibility index (Phi) is 5.08. The van der Waals surface area contributed by atoms with Crippen LogP contribution in [0.2, 0.25) is 5.02 Å². The van der Waals surface area contributed by atoms with Crippen molar-refractivity contribution < 1.29 is 9.18 Å². The Morgan fingerprint density at radius 3 is 2.52 bits per heavy atom. The van der Waals surface area contributed by atoms with E-state index in [1.807, 2.05) is 6.07 Å². The van der Waals surface area contributed by atoms with Crippen LogP contribution in [0.15, 0.2) is 48.5 Å². The zero-order valence-electron chi connectivity index (χ0n) is 12.8. The topological polar surface area (TPSA) is 65.8 Å². The summed E-state index contributed by atoms with van der Waals surface area (Å²) in [5, 5.41) is 13.3. The van der Waals surface area contributed by atoms with Crippen molar-refractivity contribution in [3.8, 4) is 17.3 Å². The fourth-order valence-corrected chi connectivity index (χ4v) is 3.21. The number of amides is 1. The number of benzene rings is 2. The SMILES string of the molecule is N#CCc1nc(-c2ccc(F)cc2)c(NC(=O)c2ccc(Cl)cc2)s1. The van der Waals surface area contributed by atoms with Crippen LogP contribution in [0.3, 0.4) is 0 Å². The van der Waals surface area contributed by atoms with Crippen LogP contribution < -0.4 is 5.32 Å². The van der Waals surface area contributed by atoms with E-state index in [4.69, 9.17) is 16.9 Å². The summed E-state index contributed by atoms with van der Waals surface area (Å²) in [6, 6.07) is 14.3. The number of thiazole rings is 1. The van der Waals surface area contributed by atoms with E-state index in [1.54, 1.807) is 36.4 Å². The molecule has 7 heteroatoms. The standard InChI is InChI=1S/C18H11ClFN3OS/c19-13-5-1-12(2-6-13)17(24)23-18-16(22-15(25-18)9-10-21)11-3-7-14(20)8-4-11/h1-8H,9H2,(H,23,24). The monoisotopic (exact) mass is 371 g/mol. The van der Waals surface area contributed by atoms with Gasteiger partial charge in [0, 0.05) is 16.1 Å². The van der Waals surface area contributed by atoms with Gasteiger partial charge in [-0.1, -0.05) is 22.9 Å². The second-order valence-corrected chi connectivity index (χ2v) is 6.61. The van der Waals surface area contributed by atoms with Gasteiger partial charge in [0.25, 0.3) is 5.91 Å². The average molecular weight is 372 g/mol. The molecule has 0 unspecified atom stereocenters. The van der Waals surface area contributed by atoms with Crippen LogP contribution >= 0.6 is 22.9 Å². The molecule has 0 fully saturated rings. The number of nitrogens with one attached hydrogen (secondary N) is 1. The van der Waals surface area contributed by atoms with Crippen molar-refractivity contribution in [3.63, 3.8) is 0 Å². The molecule has 0 radical (unpaired) electrons. The van der Waals surface area contributed by atoms with Gasteiger partial charge in [0.05, 0.1) is 12.5 Å². The van der Waals surface area contributed by atoms with Crippen LogP contribution in [0, 0.1) is 17.1 Å². The Morgan fingerprint density at radius 2 is 1.88 bits per heavy atom. The third-order valence-electron chi connectivity index (χ3n) is 3.35. The van der Waals surface area contributed by atoms with Gasteiger partial charge >= 0.3 is 0 Å². The van der Waals surface area contributed by atoms with Crippen molar-refractivity contribution in [1.29, 1.82) is 5.26 Å². The molecule has 0 atom stereocenters. The van der Waals surface area contributed by atoms with Crippen LogP contribution in [-0.4, -0.2) is 10.9 Å². The molecular weight excluding hydrogens is 361 g/mol. The van der Waals surface area contributed by atoms with E-state index in [0.717, 1.165) is 0 Å². The smallest absolute Gasteiger partial charge is 0.256 e. The third kappa shape index (κ3) is 4.02. The predicted octanol–water partition coefficient (Wildman–Crippen LogP) is 4.92. The first-order valence-corrected chi connectivity index (χ1v) is 8.46. The molecule has 0 spiro atoms. The van der Waals surface area contributed by atoms with E-state index >= 15 is 0 Å². The number of aromatic nitrogens is 1. The predicted molar refractivity (Wildman–Crippen MR) is 96.2 cm³/mol. The summed E-state index contributed by atoms with van der Waals surface area (Å²) in [4.78, 5) is 16.8. The molecule has 1 amide bonds. The van der Waals surface area contributed by atoms with Crippen molar-refractivity contribution in [1.82, 2.24) is 4.98 Å². The second-order valence-electron chi connectivity index (χ2n) is 5.09. The first-order valence-electron chi connectivity index (χ1n) is 7.26. The van der Waals surface area contributed by atoms with E-state index in [2.05, 4.69) is 10.3 Å². The molecular formula is C18H11ClFN3OS. The minimum absolute atomic E-state index is 0.135. The van der Waals surface area contributed by atoms with Crippen LogP contribution in [0.25, 0.3) is 11.3 Å². The highest BCUT2D eigenvalue weighted by molar-refractivity contribution is 7.16. The van der Waals surface area contributed by atoms with E-state index in [9.17, 15) is 9.18 Å². The Balaban J connectivity index is 1.94. The van der Waals surface area contributed by atoms with Gasteiger partial charge < -0.3 is 5.32 Å². The van der Waals surface area contributed by atoms with Gasteiger partial charge in [-0.05, 0) is 48.5 Å². The first-order chi connectivity index (χ1) is 12.1. The lowest BCUT2D eigenvalue weighted by Gasteiger charge is -2.06. The molecule has 0 saturated heterocycles. The third-order valence-corrected chi connectivity index (χ3v) is 4.58. The maximum absolute atomic E-state index is 13.2. The van der Waals surface area contributed by atoms with Crippen LogP contribution in [-0.2, 0) is 6.42 Å². The van der Waals surface area contributed by atoms with Gasteiger partial charge in [-0.3, -0.25) is 4.79 Å². The molecule has 0 aliphatic heterocycles. The Hall–Kier alpha value is -2.75. The number of hydrogen-bond donors (Lipinski definition) is 1. The summed E-state index contributed by atoms with van der Waals surface area (Å²) in [5.74, 6) is -0.671. The molecule has 1 heterocycles. The largest absolute Gasteiger partial charge is 0.312 e. The summed E-state index contributed by atoms with van der Waals surface area (Å²) >= 11 is 7.06. The molecule has 3 rings (SSSR count). The second kappa shape index (κ2) is 7.43. The molecule has 4 nitrogen and oxygen atoms in total. The maximum atomic E-state index is 13.2. The zero-order valence-corrected chi connectivity index (χ0v) is 14.4. The van der Waals surface area contributed by atoms with E-state index in [-0.39, 0.29) is 18.1 Å². The lowest BCUT2D eigenvalue weighted by molar-refractivity contribution is 0.102. The van der Waals surface area contributed by atoms with Crippen molar-refractivity contribution in [3.05, 3.63) is 69.9 Å². The van der Waals surface area contributed by atoms with Crippen molar-refractivity contribution in [2.45, 2.75) is 6.42 Å². The van der Waals surface area contributed by atoms with Gasteiger partial charge in [-0.25, -0.2) is 9.37 Å². The number of anilines is 1. The summed E-state index contributed by atoms with van der Waals surface area (Å²) in [7, 11) is 0. The Bertz CT molecular complexity index is 946. The fourth-order valence-electron chi connectivity index (χ4n) is 2.17. The highest BCUT2D eigenvalue weighted by Crippen LogP contribution is 2.34. The zero-order chi connectivity index (χ0) is 17.8. The normalized spacial score (nSPS) is 10.3. The van der Waals surface area contributed by atoms with Crippen LogP contribution in [0.5, 0.6) is 0 Å². The first kappa shape index (κ1) is 17.1. The number of nitrogens with zero attached hydrogens (tertiary/aromatic N) is 2. The molecule has 25 heavy (non-hydrogen) atoms. The average Bonchev–Trinajstić information content (AvgIpc) is 2.99. The molecule has 0 aliphatic carbocycles. The lowest BCUT2D eigenvalue weighted by atomic mass is 10.1. The van der Waals surface area contributed by atoms with Gasteiger partial charge in [-0.2, -0.15) is 5.26 Å². The summed E-state index contributed by atoms with van der Waals surface area (Å²) in [5.41, 5.74) is 1.62. The molecule has 1 aromatic heterocycles. The Labute approximate surface area is 152 Å². The van der Waals surface area contributed by atoms with Crippen molar-refractivity contribution >= 4 is 33.8 Å². The minimum Gasteiger partial charge on any atom is -0.312 e. The Morgan fingerprint density at radius 1 is 1.20 bits per heavy atom. The van der Waals surface area contributed by atoms with E-state index in [0.29, 0.717) is 31.9 Å². The highest BCUT2D eigenvalue weighted by atomic mass is 35.5. The summed E-state index contributed by atoms with van der Waals surface area (Å²) < 4.78 is 13.2. The molecule has 2 aromatic carbocycles. The van der Waals surface area contributed by atoms with Crippen LogP contribution in [0.1, 0.15) is 15.4 Å². The molecule has 1 N–H and O–H groups in total. The van der Waals surface area contributed by atoms with E-state index < -0.39 is 0 Å². The van der Waals surface area contributed by atoms with E-state index in [1.165, 1.54) is 23.5 Å². The van der Waals surface area contributed by atoms with Gasteiger partial charge in [0.1, 0.15) is 21.5 Å². The maximum Gasteiger partial charge on any atom is 0.256 e. The summed E-state index contributed by atoms with van der Waals surface area (Å²) in [6.07, 6.45) is 0.135. The van der Waals surface area contributed by atoms with Crippen molar-refractivity contribution in [2.75, 3.05) is 5.32 Å². The molecule has 0 bridgehead atoms. The number of carbonyl (C=O) groups is 1. The quantitative estimate of drug-likeness (QED) is 0.707. The lowest BCUT2D eigenvalue weighted by Crippen LogP contribution is -2.11. The van der Waals surface area contributed by atoms with Crippen LogP contribution in [0.4, 0.5) is 9.39 Å². The molecule has 0 aliphatic rings. The molecule has 124 valence electrons. The number of rotatable bonds is 4. The van der Waals surface area contributed by atoms with Gasteiger partial charge in [-0.15, -0.1) is 0 Å². The van der Waals surface area contributed by atoms with Gasteiger partial charge in [0.2, 0.25) is 0 Å². The molecule has 3 aromatic rings. The number of nitriles is 1. The summed E-state index contributed by atoms with van der Waals surface area (Å²) in [6.45, 7) is 0.